The van der Waals surface area contributed by atoms with Crippen molar-refractivity contribution >= 4 is 17.3 Å². The Balaban J connectivity index is 2.19. The molecular formula is C12H17N6+. The molecule has 0 bridgehead atoms. The molecule has 0 amide bonds. The van der Waals surface area contributed by atoms with Gasteiger partial charge in [0.15, 0.2) is 0 Å². The second kappa shape index (κ2) is 4.87. The van der Waals surface area contributed by atoms with E-state index in [0.29, 0.717) is 5.95 Å². The molecular weight excluding hydrogens is 228 g/mol. The predicted octanol–water partition coefficient (Wildman–Crippen LogP) is 1.51. The van der Waals surface area contributed by atoms with Crippen molar-refractivity contribution in [2.75, 3.05) is 24.8 Å². The number of anilines is 1. The summed E-state index contributed by atoms with van der Waals surface area (Å²) in [6.07, 6.45) is 3.55. The van der Waals surface area contributed by atoms with Crippen molar-refractivity contribution in [1.82, 2.24) is 4.68 Å². The molecule has 0 atom stereocenters. The van der Waals surface area contributed by atoms with E-state index in [1.54, 1.807) is 10.8 Å². The van der Waals surface area contributed by atoms with Crippen molar-refractivity contribution in [3.05, 3.63) is 36.7 Å². The number of aromatic nitrogens is 2. The third kappa shape index (κ3) is 2.48. The van der Waals surface area contributed by atoms with Gasteiger partial charge in [-0.15, -0.1) is 4.68 Å². The molecule has 0 spiro atoms. The molecule has 1 aromatic heterocycles. The normalized spacial score (nSPS) is 11.1. The number of nitrogen functional groups attached to an aromatic ring is 1. The van der Waals surface area contributed by atoms with Crippen LogP contribution in [0.2, 0.25) is 0 Å². The van der Waals surface area contributed by atoms with Gasteiger partial charge in [0.25, 0.3) is 0 Å². The zero-order valence-corrected chi connectivity index (χ0v) is 10.8. The SMILES string of the molecule is CN(C)c1ccc(N=Nc2n(N)cc[n+]2C)cc1. The molecule has 2 aromatic rings. The average molecular weight is 245 g/mol. The fourth-order valence-corrected chi connectivity index (χ4v) is 1.53. The summed E-state index contributed by atoms with van der Waals surface area (Å²) in [5.41, 5.74) is 1.92. The van der Waals surface area contributed by atoms with E-state index in [-0.39, 0.29) is 0 Å². The Morgan fingerprint density at radius 3 is 2.33 bits per heavy atom. The first-order valence-electron chi connectivity index (χ1n) is 5.59. The molecule has 2 rings (SSSR count). The molecule has 6 nitrogen and oxygen atoms in total. The highest BCUT2D eigenvalue weighted by atomic mass is 15.4. The summed E-state index contributed by atoms with van der Waals surface area (Å²) in [4.78, 5) is 2.03. The minimum absolute atomic E-state index is 0.590. The van der Waals surface area contributed by atoms with E-state index in [1.807, 2.05) is 56.5 Å². The molecule has 2 N–H and O–H groups in total. The van der Waals surface area contributed by atoms with Crippen molar-refractivity contribution in [2.24, 2.45) is 17.3 Å². The smallest absolute Gasteiger partial charge is 0.378 e. The van der Waals surface area contributed by atoms with Gasteiger partial charge in [0.2, 0.25) is 0 Å². The second-order valence-electron chi connectivity index (χ2n) is 4.23. The molecule has 18 heavy (non-hydrogen) atoms. The Hall–Kier alpha value is -2.37. The Morgan fingerprint density at radius 1 is 1.17 bits per heavy atom. The van der Waals surface area contributed by atoms with Gasteiger partial charge in [-0.05, 0) is 24.3 Å². The van der Waals surface area contributed by atoms with Crippen LogP contribution in [0.3, 0.4) is 0 Å². The van der Waals surface area contributed by atoms with Crippen molar-refractivity contribution in [2.45, 2.75) is 0 Å². The van der Waals surface area contributed by atoms with E-state index in [4.69, 9.17) is 5.84 Å². The third-order valence-corrected chi connectivity index (χ3v) is 2.62. The maximum absolute atomic E-state index is 5.70. The fraction of sp³-hybridized carbons (Fsp3) is 0.250. The first-order chi connectivity index (χ1) is 8.58. The highest BCUT2D eigenvalue weighted by Crippen LogP contribution is 2.19. The van der Waals surface area contributed by atoms with Crippen LogP contribution in [-0.4, -0.2) is 18.8 Å². The Kier molecular flexibility index (Phi) is 3.27. The van der Waals surface area contributed by atoms with E-state index < -0.39 is 0 Å². The first-order valence-corrected chi connectivity index (χ1v) is 5.59. The predicted molar refractivity (Wildman–Crippen MR) is 70.7 cm³/mol. The van der Waals surface area contributed by atoms with Crippen LogP contribution in [0.1, 0.15) is 0 Å². The number of nitrogens with two attached hydrogens (primary N) is 1. The minimum Gasteiger partial charge on any atom is -0.378 e. The summed E-state index contributed by atoms with van der Waals surface area (Å²) in [6, 6.07) is 7.83. The number of imidazole rings is 1. The van der Waals surface area contributed by atoms with E-state index in [0.717, 1.165) is 11.4 Å². The van der Waals surface area contributed by atoms with Gasteiger partial charge >= 0.3 is 5.95 Å². The summed E-state index contributed by atoms with van der Waals surface area (Å²) in [6.45, 7) is 0. The van der Waals surface area contributed by atoms with Crippen molar-refractivity contribution in [3.8, 4) is 0 Å². The summed E-state index contributed by atoms with van der Waals surface area (Å²) in [5.74, 6) is 6.29. The molecule has 0 aliphatic heterocycles. The van der Waals surface area contributed by atoms with Gasteiger partial charge in [-0.2, -0.15) is 0 Å². The van der Waals surface area contributed by atoms with Gasteiger partial charge in [-0.3, -0.25) is 5.84 Å². The number of hydrogen-bond donors (Lipinski definition) is 1. The lowest BCUT2D eigenvalue weighted by atomic mass is 10.3. The van der Waals surface area contributed by atoms with Gasteiger partial charge in [-0.1, -0.05) is 5.11 Å². The quantitative estimate of drug-likeness (QED) is 0.506. The van der Waals surface area contributed by atoms with E-state index in [9.17, 15) is 0 Å². The van der Waals surface area contributed by atoms with Gasteiger partial charge < -0.3 is 4.90 Å². The molecule has 0 aliphatic carbocycles. The average Bonchev–Trinajstić information content (AvgIpc) is 2.67. The Labute approximate surface area is 106 Å². The van der Waals surface area contributed by atoms with Gasteiger partial charge in [0.05, 0.1) is 13.2 Å². The lowest BCUT2D eigenvalue weighted by Crippen LogP contribution is -2.26. The molecule has 0 unspecified atom stereocenters. The van der Waals surface area contributed by atoms with Crippen LogP contribution in [0.15, 0.2) is 46.9 Å². The van der Waals surface area contributed by atoms with Crippen molar-refractivity contribution in [1.29, 1.82) is 0 Å². The number of rotatable bonds is 3. The first kappa shape index (κ1) is 12.1. The standard InChI is InChI=1S/C12H17N6/c1-16(2)11-6-4-10(5-7-11)14-15-12-17(3)8-9-18(12)13/h4-9H,13H2,1-3H3/q+1. The molecule has 0 saturated carbocycles. The highest BCUT2D eigenvalue weighted by Gasteiger charge is 2.11. The van der Waals surface area contributed by atoms with Crippen LogP contribution in [0.5, 0.6) is 0 Å². The van der Waals surface area contributed by atoms with Crippen molar-refractivity contribution in [3.63, 3.8) is 0 Å². The molecule has 0 radical (unpaired) electrons. The lowest BCUT2D eigenvalue weighted by Gasteiger charge is -2.11. The van der Waals surface area contributed by atoms with Gasteiger partial charge in [-0.25, -0.2) is 4.57 Å². The van der Waals surface area contributed by atoms with Crippen LogP contribution in [0.4, 0.5) is 17.3 Å². The minimum atomic E-state index is 0.590. The molecule has 1 aromatic carbocycles. The van der Waals surface area contributed by atoms with E-state index in [2.05, 4.69) is 10.2 Å². The molecule has 0 saturated heterocycles. The largest absolute Gasteiger partial charge is 0.442 e. The third-order valence-electron chi connectivity index (χ3n) is 2.62. The number of benzene rings is 1. The maximum atomic E-state index is 5.70. The second-order valence-corrected chi connectivity index (χ2v) is 4.23. The highest BCUT2D eigenvalue weighted by molar-refractivity contribution is 5.51. The van der Waals surface area contributed by atoms with Crippen LogP contribution < -0.4 is 15.3 Å². The molecule has 0 fully saturated rings. The van der Waals surface area contributed by atoms with Gasteiger partial charge in [0, 0.05) is 24.9 Å². The molecule has 0 aliphatic rings. The number of aryl methyl sites for hydroxylation is 1. The summed E-state index contributed by atoms with van der Waals surface area (Å²) < 4.78 is 3.23. The van der Waals surface area contributed by atoms with Crippen LogP contribution >= 0.6 is 0 Å². The fourth-order valence-electron chi connectivity index (χ4n) is 1.53. The Bertz CT molecular complexity index is 533. The summed E-state index contributed by atoms with van der Waals surface area (Å²) in [5, 5.41) is 8.28. The zero-order valence-electron chi connectivity index (χ0n) is 10.8. The lowest BCUT2D eigenvalue weighted by molar-refractivity contribution is -0.657. The summed E-state index contributed by atoms with van der Waals surface area (Å²) >= 11 is 0. The molecule has 6 heteroatoms. The molecule has 94 valence electrons. The number of azo groups is 1. The monoisotopic (exact) mass is 245 g/mol. The van der Waals surface area contributed by atoms with E-state index in [1.165, 1.54) is 4.68 Å². The van der Waals surface area contributed by atoms with Gasteiger partial charge in [0.1, 0.15) is 11.9 Å². The zero-order chi connectivity index (χ0) is 13.1. The number of hydrogen-bond acceptors (Lipinski definition) is 4. The summed E-state index contributed by atoms with van der Waals surface area (Å²) in [7, 11) is 5.86. The topological polar surface area (TPSA) is 62.8 Å². The van der Waals surface area contributed by atoms with Crippen LogP contribution in [0.25, 0.3) is 0 Å². The number of nitrogens with zero attached hydrogens (tertiary/aromatic N) is 5. The van der Waals surface area contributed by atoms with Crippen LogP contribution in [0, 0.1) is 0 Å². The molecule has 1 heterocycles. The maximum Gasteiger partial charge on any atom is 0.442 e. The Morgan fingerprint density at radius 2 is 1.83 bits per heavy atom. The van der Waals surface area contributed by atoms with E-state index >= 15 is 0 Å². The van der Waals surface area contributed by atoms with Crippen molar-refractivity contribution < 1.29 is 4.57 Å². The van der Waals surface area contributed by atoms with Crippen LogP contribution in [-0.2, 0) is 7.05 Å².